The molecule has 2 N–H and O–H groups in total. The first-order chi connectivity index (χ1) is 13.0. The molecule has 0 aliphatic rings. The summed E-state index contributed by atoms with van der Waals surface area (Å²) >= 11 is 1.17. The molecule has 0 saturated heterocycles. The summed E-state index contributed by atoms with van der Waals surface area (Å²) in [5, 5.41) is -0.147. The number of thioether (sulfide) groups is 1. The second-order valence-electron chi connectivity index (χ2n) is 5.51. The highest BCUT2D eigenvalue weighted by Gasteiger charge is 2.24. The molecule has 8 heteroatoms. The topological polar surface area (TPSA) is 98.4 Å². The Hall–Kier alpha value is -2.87. The fourth-order valence-corrected chi connectivity index (χ4v) is 3.10. The van der Waals surface area contributed by atoms with Gasteiger partial charge in [-0.3, -0.25) is 4.79 Å². The van der Waals surface area contributed by atoms with Gasteiger partial charge in [0.1, 0.15) is 11.4 Å². The number of benzene rings is 1. The van der Waals surface area contributed by atoms with Crippen LogP contribution >= 0.6 is 11.8 Å². The van der Waals surface area contributed by atoms with Gasteiger partial charge in [0.15, 0.2) is 5.16 Å². The van der Waals surface area contributed by atoms with Crippen LogP contribution in [0.4, 0.5) is 11.5 Å². The summed E-state index contributed by atoms with van der Waals surface area (Å²) < 4.78 is 4.90. The molecule has 142 valence electrons. The molecule has 0 aliphatic heterocycles. The summed E-state index contributed by atoms with van der Waals surface area (Å²) in [5.41, 5.74) is 6.72. The maximum atomic E-state index is 12.9. The van der Waals surface area contributed by atoms with E-state index in [1.807, 2.05) is 30.3 Å². The number of nitrogens with zero attached hydrogens (tertiary/aromatic N) is 3. The molecule has 0 saturated carbocycles. The Morgan fingerprint density at radius 3 is 2.67 bits per heavy atom. The maximum Gasteiger partial charge on any atom is 0.343 e. The number of amides is 1. The molecular weight excluding hydrogens is 364 g/mol. The summed E-state index contributed by atoms with van der Waals surface area (Å²) in [6.07, 6.45) is 2.99. The molecule has 0 fully saturated rings. The standard InChI is InChI=1S/C19H22N4O3S/c1-4-11-23(14-9-7-6-8-10-14)17(24)13(3)27-19-21-12-15(16(20)22-19)18(25)26-5-2/h4,6-10,12-13H,1,5,11H2,2-3H3,(H2,20,21,22)/t13-/m0/s1. The summed E-state index contributed by atoms with van der Waals surface area (Å²) in [4.78, 5) is 34.5. The number of carbonyl (C=O) groups is 2. The van der Waals surface area contributed by atoms with Crippen molar-refractivity contribution in [2.45, 2.75) is 24.3 Å². The fourth-order valence-electron chi connectivity index (χ4n) is 2.29. The first kappa shape index (κ1) is 20.4. The maximum absolute atomic E-state index is 12.9. The van der Waals surface area contributed by atoms with Crippen molar-refractivity contribution in [1.82, 2.24) is 9.97 Å². The van der Waals surface area contributed by atoms with E-state index in [0.717, 1.165) is 5.69 Å². The monoisotopic (exact) mass is 386 g/mol. The number of carbonyl (C=O) groups excluding carboxylic acids is 2. The average Bonchev–Trinajstić information content (AvgIpc) is 2.66. The molecule has 2 rings (SSSR count). The average molecular weight is 386 g/mol. The Morgan fingerprint density at radius 1 is 1.37 bits per heavy atom. The second kappa shape index (κ2) is 9.72. The fraction of sp³-hybridized carbons (Fsp3) is 0.263. The van der Waals surface area contributed by atoms with Crippen molar-refractivity contribution in [2.24, 2.45) is 0 Å². The molecule has 27 heavy (non-hydrogen) atoms. The van der Waals surface area contributed by atoms with E-state index in [1.165, 1.54) is 18.0 Å². The van der Waals surface area contributed by atoms with Gasteiger partial charge >= 0.3 is 5.97 Å². The molecule has 0 unspecified atom stereocenters. The van der Waals surface area contributed by atoms with E-state index < -0.39 is 11.2 Å². The number of hydrogen-bond acceptors (Lipinski definition) is 7. The summed E-state index contributed by atoms with van der Waals surface area (Å²) in [6, 6.07) is 9.35. The minimum Gasteiger partial charge on any atom is -0.462 e. The van der Waals surface area contributed by atoms with Gasteiger partial charge in [0.2, 0.25) is 5.91 Å². The van der Waals surface area contributed by atoms with Gasteiger partial charge in [-0.25, -0.2) is 14.8 Å². The Balaban J connectivity index is 2.14. The highest BCUT2D eigenvalue weighted by Crippen LogP contribution is 2.25. The highest BCUT2D eigenvalue weighted by atomic mass is 32.2. The molecular formula is C19H22N4O3S. The van der Waals surface area contributed by atoms with Gasteiger partial charge in [0, 0.05) is 18.4 Å². The highest BCUT2D eigenvalue weighted by molar-refractivity contribution is 8.00. The van der Waals surface area contributed by atoms with Gasteiger partial charge in [-0.15, -0.1) is 6.58 Å². The van der Waals surface area contributed by atoms with Gasteiger partial charge < -0.3 is 15.4 Å². The van der Waals surface area contributed by atoms with Crippen LogP contribution in [0.15, 0.2) is 54.3 Å². The van der Waals surface area contributed by atoms with Crippen molar-refractivity contribution in [2.75, 3.05) is 23.8 Å². The predicted molar refractivity (Wildman–Crippen MR) is 107 cm³/mol. The molecule has 2 aromatic rings. The van der Waals surface area contributed by atoms with Crippen LogP contribution in [-0.4, -0.2) is 40.2 Å². The van der Waals surface area contributed by atoms with Gasteiger partial charge in [-0.2, -0.15) is 0 Å². The smallest absolute Gasteiger partial charge is 0.343 e. The van der Waals surface area contributed by atoms with Crippen molar-refractivity contribution >= 4 is 35.1 Å². The quantitative estimate of drug-likeness (QED) is 0.322. The van der Waals surface area contributed by atoms with Crippen molar-refractivity contribution in [3.8, 4) is 0 Å². The lowest BCUT2D eigenvalue weighted by Crippen LogP contribution is -2.36. The number of para-hydroxylation sites is 1. The third-order valence-electron chi connectivity index (χ3n) is 3.57. The molecule has 0 radical (unpaired) electrons. The molecule has 0 aliphatic carbocycles. The van der Waals surface area contributed by atoms with E-state index in [9.17, 15) is 9.59 Å². The molecule has 0 bridgehead atoms. The van der Waals surface area contributed by atoms with Crippen molar-refractivity contribution in [3.63, 3.8) is 0 Å². The van der Waals surface area contributed by atoms with Crippen molar-refractivity contribution < 1.29 is 14.3 Å². The zero-order valence-corrected chi connectivity index (χ0v) is 16.1. The molecule has 1 amide bonds. The largest absolute Gasteiger partial charge is 0.462 e. The molecule has 1 aromatic heterocycles. The zero-order chi connectivity index (χ0) is 19.8. The number of nitrogen functional groups attached to an aromatic ring is 1. The van der Waals surface area contributed by atoms with Crippen LogP contribution in [0.5, 0.6) is 0 Å². The minimum absolute atomic E-state index is 0.0246. The Labute approximate surface area is 162 Å². The van der Waals surface area contributed by atoms with Gasteiger partial charge in [-0.1, -0.05) is 36.0 Å². The lowest BCUT2D eigenvalue weighted by Gasteiger charge is -2.24. The third kappa shape index (κ3) is 5.30. The predicted octanol–water partition coefficient (Wildman–Crippen LogP) is 2.94. The lowest BCUT2D eigenvalue weighted by atomic mass is 10.2. The number of anilines is 2. The summed E-state index contributed by atoms with van der Waals surface area (Å²) in [5.74, 6) is -0.656. The molecule has 0 spiro atoms. The first-order valence-electron chi connectivity index (χ1n) is 8.41. The van der Waals surface area contributed by atoms with E-state index in [0.29, 0.717) is 11.7 Å². The number of esters is 1. The summed E-state index contributed by atoms with van der Waals surface area (Å²) in [6.45, 7) is 7.81. The van der Waals surface area contributed by atoms with Crippen LogP contribution in [0, 0.1) is 0 Å². The lowest BCUT2D eigenvalue weighted by molar-refractivity contribution is -0.117. The van der Waals surface area contributed by atoms with E-state index >= 15 is 0 Å². The van der Waals surface area contributed by atoms with E-state index in [1.54, 1.807) is 24.8 Å². The number of nitrogens with two attached hydrogens (primary N) is 1. The Bertz CT molecular complexity index is 814. The number of hydrogen-bond donors (Lipinski definition) is 1. The van der Waals surface area contributed by atoms with Gasteiger partial charge in [-0.05, 0) is 26.0 Å². The molecule has 1 heterocycles. The van der Waals surface area contributed by atoms with Crippen LogP contribution in [0.2, 0.25) is 0 Å². The summed E-state index contributed by atoms with van der Waals surface area (Å²) in [7, 11) is 0. The number of aromatic nitrogens is 2. The van der Waals surface area contributed by atoms with Gasteiger partial charge in [0.05, 0.1) is 11.9 Å². The van der Waals surface area contributed by atoms with Gasteiger partial charge in [0.25, 0.3) is 0 Å². The number of rotatable bonds is 8. The minimum atomic E-state index is -0.572. The zero-order valence-electron chi connectivity index (χ0n) is 15.3. The number of ether oxygens (including phenoxy) is 1. The molecule has 1 aromatic carbocycles. The van der Waals surface area contributed by atoms with Crippen LogP contribution in [0.1, 0.15) is 24.2 Å². The third-order valence-corrected chi connectivity index (χ3v) is 4.53. The van der Waals surface area contributed by atoms with Crippen LogP contribution < -0.4 is 10.6 Å². The van der Waals surface area contributed by atoms with Crippen molar-refractivity contribution in [3.05, 3.63) is 54.7 Å². The Kier molecular flexibility index (Phi) is 7.36. The first-order valence-corrected chi connectivity index (χ1v) is 9.29. The van der Waals surface area contributed by atoms with Crippen LogP contribution in [-0.2, 0) is 9.53 Å². The molecule has 1 atom stereocenters. The molecule has 7 nitrogen and oxygen atoms in total. The van der Waals surface area contributed by atoms with Crippen LogP contribution in [0.3, 0.4) is 0 Å². The van der Waals surface area contributed by atoms with E-state index in [-0.39, 0.29) is 23.9 Å². The SMILES string of the molecule is C=CCN(C(=O)[C@H](C)Sc1ncc(C(=O)OCC)c(N)n1)c1ccccc1. The van der Waals surface area contributed by atoms with Crippen LogP contribution in [0.25, 0.3) is 0 Å². The van der Waals surface area contributed by atoms with E-state index in [2.05, 4.69) is 16.5 Å². The normalized spacial score (nSPS) is 11.5. The van der Waals surface area contributed by atoms with Crippen molar-refractivity contribution in [1.29, 1.82) is 0 Å². The second-order valence-corrected chi connectivity index (χ2v) is 6.81. The Morgan fingerprint density at radius 2 is 2.07 bits per heavy atom. The van der Waals surface area contributed by atoms with E-state index in [4.69, 9.17) is 10.5 Å².